The number of benzene rings is 1. The molecular weight excluding hydrogens is 395 g/mol. The molecule has 1 amide bonds. The first-order chi connectivity index (χ1) is 10.4. The second-order valence-corrected chi connectivity index (χ2v) is 8.95. The summed E-state index contributed by atoms with van der Waals surface area (Å²) in [5, 5.41) is 20.1. The number of hydrogen-bond acceptors (Lipinski definition) is 4. The van der Waals surface area contributed by atoms with Crippen LogP contribution in [0.15, 0.2) is 18.2 Å². The minimum absolute atomic E-state index is 0.166. The van der Waals surface area contributed by atoms with Crippen molar-refractivity contribution in [3.8, 4) is 11.8 Å². The van der Waals surface area contributed by atoms with E-state index in [0.717, 1.165) is 24.1 Å². The van der Waals surface area contributed by atoms with Crippen molar-refractivity contribution in [3.05, 3.63) is 29.3 Å². The van der Waals surface area contributed by atoms with Crippen LogP contribution in [0.5, 0.6) is 5.75 Å². The Morgan fingerprint density at radius 1 is 1.55 bits per heavy atom. The number of fused-ring (bicyclic) bond motifs is 1. The van der Waals surface area contributed by atoms with Gasteiger partial charge in [0.2, 0.25) is 0 Å². The average molecular weight is 413 g/mol. The Morgan fingerprint density at radius 3 is 2.95 bits per heavy atom. The molecule has 1 aromatic rings. The van der Waals surface area contributed by atoms with Gasteiger partial charge in [0.15, 0.2) is 0 Å². The van der Waals surface area contributed by atoms with Crippen molar-refractivity contribution in [2.75, 3.05) is 6.54 Å². The number of halogens is 1. The Labute approximate surface area is 140 Å². The van der Waals surface area contributed by atoms with Crippen LogP contribution < -0.4 is 26.2 Å². The van der Waals surface area contributed by atoms with Gasteiger partial charge in [0.05, 0.1) is 0 Å². The van der Waals surface area contributed by atoms with Gasteiger partial charge in [-0.05, 0) is 0 Å². The first-order valence-corrected chi connectivity index (χ1v) is 9.48. The zero-order valence-electron chi connectivity index (χ0n) is 12.5. The van der Waals surface area contributed by atoms with E-state index in [9.17, 15) is 15.2 Å². The molecule has 1 saturated heterocycles. The number of alkyl halides is 1. The normalized spacial score (nSPS) is 30.8. The molecule has 3 unspecified atom stereocenters. The number of rotatable bonds is 2. The van der Waals surface area contributed by atoms with Gasteiger partial charge in [0, 0.05) is 0 Å². The Bertz CT molecular complexity index is 657. The van der Waals surface area contributed by atoms with Gasteiger partial charge in [-0.2, -0.15) is 0 Å². The Kier molecular flexibility index (Phi) is 4.03. The monoisotopic (exact) mass is 413 g/mol. The molecule has 1 aromatic carbocycles. The van der Waals surface area contributed by atoms with Crippen LogP contribution in [0.3, 0.4) is 0 Å². The summed E-state index contributed by atoms with van der Waals surface area (Å²) in [5.74, 6) is 0.815. The molecular formula is C16H18IN2O3-. The molecule has 1 fully saturated rings. The van der Waals surface area contributed by atoms with Crippen LogP contribution >= 0.6 is 0 Å². The predicted octanol–water partition coefficient (Wildman–Crippen LogP) is -1.30. The Hall–Kier alpha value is -1.33. The van der Waals surface area contributed by atoms with Crippen LogP contribution in [0.25, 0.3) is 0 Å². The van der Waals surface area contributed by atoms with Crippen LogP contribution in [0.2, 0.25) is 0 Å². The maximum atomic E-state index is 11.9. The summed E-state index contributed by atoms with van der Waals surface area (Å²) in [6.45, 7) is 4.37. The molecule has 6 heteroatoms. The number of hydrogen-bond donors (Lipinski definition) is 1. The fraction of sp³-hybridized carbons (Fsp3) is 0.500. The van der Waals surface area contributed by atoms with Crippen molar-refractivity contribution < 1.29 is 36.1 Å². The number of aliphatic hydroxyl groups is 1. The molecule has 2 aliphatic rings. The Morgan fingerprint density at radius 2 is 2.32 bits per heavy atom. The van der Waals surface area contributed by atoms with Crippen molar-refractivity contribution in [3.63, 3.8) is 0 Å². The molecule has 3 atom stereocenters. The number of aryl methyl sites for hydroxylation is 1. The van der Waals surface area contributed by atoms with Gasteiger partial charge in [-0.25, -0.2) is 0 Å². The number of ether oxygens (including phenoxy) is 1. The van der Waals surface area contributed by atoms with Gasteiger partial charge in [0.25, 0.3) is 0 Å². The molecule has 3 rings (SSSR count). The van der Waals surface area contributed by atoms with Gasteiger partial charge in [-0.1, -0.05) is 0 Å². The quantitative estimate of drug-likeness (QED) is 0.372. The van der Waals surface area contributed by atoms with Gasteiger partial charge >= 0.3 is 140 Å². The van der Waals surface area contributed by atoms with Crippen LogP contribution in [-0.2, 0) is 4.79 Å². The number of aliphatic hydroxyl groups excluding tert-OH is 1. The van der Waals surface area contributed by atoms with Crippen LogP contribution in [0.1, 0.15) is 34.8 Å². The molecule has 0 spiro atoms. The summed E-state index contributed by atoms with van der Waals surface area (Å²) in [6, 6.07) is 7.89. The molecule has 0 bridgehead atoms. The van der Waals surface area contributed by atoms with Crippen molar-refractivity contribution in [1.82, 2.24) is 3.11 Å². The number of nitrogens with zero attached hydrogens (tertiary/aromatic N) is 2. The van der Waals surface area contributed by atoms with Gasteiger partial charge in [-0.15, -0.1) is 0 Å². The number of carbonyl (C=O) groups excluding carboxylic acids is 1. The zero-order chi connectivity index (χ0) is 15.9. The van der Waals surface area contributed by atoms with E-state index in [-0.39, 0.29) is 9.83 Å². The molecule has 5 nitrogen and oxygen atoms in total. The molecule has 1 N–H and O–H groups in total. The summed E-state index contributed by atoms with van der Waals surface area (Å²) in [7, 11) is 0. The topological polar surface area (TPSA) is 73.6 Å². The van der Waals surface area contributed by atoms with Gasteiger partial charge < -0.3 is 0 Å². The maximum absolute atomic E-state index is 11.9. The second-order valence-electron chi connectivity index (χ2n) is 5.89. The fourth-order valence-corrected chi connectivity index (χ4v) is 6.43. The van der Waals surface area contributed by atoms with E-state index in [1.807, 2.05) is 28.2 Å². The summed E-state index contributed by atoms with van der Waals surface area (Å²) < 4.78 is 7.45. The third kappa shape index (κ3) is 2.57. The molecule has 22 heavy (non-hydrogen) atoms. The molecule has 0 saturated carbocycles. The molecule has 0 aromatic heterocycles. The number of amides is 1. The third-order valence-corrected chi connectivity index (χ3v) is 7.73. The molecule has 0 radical (unpaired) electrons. The van der Waals surface area contributed by atoms with Gasteiger partial charge in [-0.3, -0.25) is 0 Å². The van der Waals surface area contributed by atoms with Crippen molar-refractivity contribution in [2.24, 2.45) is 0 Å². The van der Waals surface area contributed by atoms with Crippen molar-refractivity contribution in [2.45, 2.75) is 42.3 Å². The van der Waals surface area contributed by atoms with E-state index >= 15 is 0 Å². The number of nitriles is 1. The van der Waals surface area contributed by atoms with Crippen LogP contribution in [0, 0.1) is 18.3 Å². The zero-order valence-corrected chi connectivity index (χ0v) is 14.7. The van der Waals surface area contributed by atoms with Gasteiger partial charge in [0.1, 0.15) is 0 Å². The molecule has 118 valence electrons. The van der Waals surface area contributed by atoms with Crippen molar-refractivity contribution >= 4 is 5.91 Å². The van der Waals surface area contributed by atoms with Crippen LogP contribution in [0.4, 0.5) is 0 Å². The van der Waals surface area contributed by atoms with E-state index in [2.05, 4.69) is 6.07 Å². The summed E-state index contributed by atoms with van der Waals surface area (Å²) in [4.78, 5) is 11.9. The standard InChI is InChI=1S/C16H18IN2O3/c1-10-5-6-12-11(8-10)14(15(21)16(2,9-18)22-12)17-19-7-3-4-13(19)20/h5-6,8,14-15,21H,3-4,7H2,1-2H3/q-1. The van der Waals surface area contributed by atoms with E-state index in [4.69, 9.17) is 4.74 Å². The Balaban J connectivity index is 2.00. The molecule has 2 aliphatic heterocycles. The van der Waals surface area contributed by atoms with E-state index < -0.39 is 33.2 Å². The molecule has 0 aliphatic carbocycles. The SMILES string of the molecule is Cc1ccc2c(c1)C([I-]N1CCCC1=O)C(O)C(C)(C#N)O2. The minimum atomic E-state index is -1.27. The molecule has 2 heterocycles. The van der Waals surface area contributed by atoms with E-state index in [1.54, 1.807) is 6.92 Å². The first-order valence-electron chi connectivity index (χ1n) is 7.27. The summed E-state index contributed by atoms with van der Waals surface area (Å²) >= 11 is -0.745. The first kappa shape index (κ1) is 15.6. The van der Waals surface area contributed by atoms with E-state index in [0.29, 0.717) is 12.2 Å². The fourth-order valence-electron chi connectivity index (χ4n) is 2.75. The van der Waals surface area contributed by atoms with Crippen LogP contribution in [-0.4, -0.2) is 32.4 Å². The summed E-state index contributed by atoms with van der Waals surface area (Å²) in [6.07, 6.45) is 0.552. The van der Waals surface area contributed by atoms with Crippen molar-refractivity contribution in [1.29, 1.82) is 5.26 Å². The third-order valence-electron chi connectivity index (χ3n) is 4.09. The average Bonchev–Trinajstić information content (AvgIpc) is 2.90. The summed E-state index contributed by atoms with van der Waals surface area (Å²) in [5.41, 5.74) is 0.736. The second kappa shape index (κ2) is 5.70. The van der Waals surface area contributed by atoms with E-state index in [1.165, 1.54) is 0 Å². The number of carbonyl (C=O) groups is 1. The predicted molar refractivity (Wildman–Crippen MR) is 75.5 cm³/mol.